The van der Waals surface area contributed by atoms with E-state index in [0.717, 1.165) is 23.8 Å². The molecule has 6 heteroatoms. The number of likely N-dealkylation sites (tertiary alicyclic amines) is 1. The summed E-state index contributed by atoms with van der Waals surface area (Å²) in [6.07, 6.45) is 10.1. The number of rotatable bonds is 4. The van der Waals surface area contributed by atoms with Crippen LogP contribution < -0.4 is 10.6 Å². The van der Waals surface area contributed by atoms with Crippen molar-refractivity contribution in [1.29, 1.82) is 0 Å². The Balaban J connectivity index is 1.30. The third-order valence-electron chi connectivity index (χ3n) is 5.80. The lowest BCUT2D eigenvalue weighted by Gasteiger charge is -2.25. The van der Waals surface area contributed by atoms with Gasteiger partial charge in [-0.15, -0.1) is 11.3 Å². The summed E-state index contributed by atoms with van der Waals surface area (Å²) in [5, 5.41) is 9.42. The first-order chi connectivity index (χ1) is 11.8. The van der Waals surface area contributed by atoms with Crippen molar-refractivity contribution in [1.82, 2.24) is 15.2 Å². The zero-order valence-corrected chi connectivity index (χ0v) is 15.1. The van der Waals surface area contributed by atoms with Crippen molar-refractivity contribution in [2.75, 3.05) is 18.4 Å². The smallest absolute Gasteiger partial charge is 0.243 e. The van der Waals surface area contributed by atoms with Gasteiger partial charge in [0.25, 0.3) is 0 Å². The molecule has 2 N–H and O–H groups in total. The highest BCUT2D eigenvalue weighted by Gasteiger charge is 2.38. The van der Waals surface area contributed by atoms with Crippen molar-refractivity contribution < 1.29 is 4.79 Å². The number of fused-ring (bicyclic) bond motifs is 1. The third-order valence-corrected chi connectivity index (χ3v) is 6.60. The van der Waals surface area contributed by atoms with Crippen LogP contribution in [0.15, 0.2) is 5.38 Å². The van der Waals surface area contributed by atoms with Crippen molar-refractivity contribution in [3.8, 4) is 0 Å². The molecule has 3 unspecified atom stereocenters. The Hall–Kier alpha value is -0.980. The second-order valence-corrected chi connectivity index (χ2v) is 8.43. The van der Waals surface area contributed by atoms with E-state index in [1.165, 1.54) is 58.0 Å². The predicted molar refractivity (Wildman–Crippen MR) is 97.2 cm³/mol. The van der Waals surface area contributed by atoms with Crippen LogP contribution in [-0.4, -0.2) is 41.0 Å². The molecule has 5 nitrogen and oxygen atoms in total. The molecule has 1 saturated carbocycles. The molecule has 1 aromatic rings. The first-order valence-corrected chi connectivity index (χ1v) is 10.4. The van der Waals surface area contributed by atoms with Gasteiger partial charge in [-0.1, -0.05) is 19.3 Å². The van der Waals surface area contributed by atoms with Gasteiger partial charge in [0.15, 0.2) is 5.13 Å². The normalized spacial score (nSPS) is 30.9. The highest BCUT2D eigenvalue weighted by Crippen LogP contribution is 2.33. The molecule has 3 atom stereocenters. The summed E-state index contributed by atoms with van der Waals surface area (Å²) in [5.41, 5.74) is 1.09. The Kier molecular flexibility index (Phi) is 5.15. The maximum absolute atomic E-state index is 12.5. The molecule has 3 fully saturated rings. The highest BCUT2D eigenvalue weighted by atomic mass is 32.1. The summed E-state index contributed by atoms with van der Waals surface area (Å²) in [6.45, 7) is 3.26. The van der Waals surface area contributed by atoms with E-state index in [1.807, 2.05) is 0 Å². The van der Waals surface area contributed by atoms with Gasteiger partial charge in [0.1, 0.15) is 0 Å². The summed E-state index contributed by atoms with van der Waals surface area (Å²) in [5.74, 6) is 0.795. The highest BCUT2D eigenvalue weighted by molar-refractivity contribution is 7.13. The van der Waals surface area contributed by atoms with E-state index in [2.05, 4.69) is 25.9 Å². The zero-order valence-electron chi connectivity index (χ0n) is 14.3. The van der Waals surface area contributed by atoms with Crippen LogP contribution in [0.2, 0.25) is 0 Å². The minimum absolute atomic E-state index is 0.0347. The molecule has 0 radical (unpaired) electrons. The van der Waals surface area contributed by atoms with Crippen molar-refractivity contribution in [2.45, 2.75) is 70.0 Å². The number of nitrogens with zero attached hydrogens (tertiary/aromatic N) is 2. The van der Waals surface area contributed by atoms with E-state index in [-0.39, 0.29) is 11.9 Å². The lowest BCUT2D eigenvalue weighted by Crippen LogP contribution is -2.39. The maximum atomic E-state index is 12.5. The van der Waals surface area contributed by atoms with Crippen LogP contribution in [0.25, 0.3) is 0 Å². The Labute approximate surface area is 148 Å². The molecule has 2 aliphatic heterocycles. The van der Waals surface area contributed by atoms with Gasteiger partial charge in [0.05, 0.1) is 11.7 Å². The molecular formula is C18H28N4OS. The first kappa shape index (κ1) is 16.5. The van der Waals surface area contributed by atoms with Gasteiger partial charge in [0.2, 0.25) is 5.91 Å². The minimum atomic E-state index is -0.0347. The Morgan fingerprint density at radius 3 is 2.92 bits per heavy atom. The molecule has 1 aliphatic carbocycles. The lowest BCUT2D eigenvalue weighted by atomic mass is 9.85. The van der Waals surface area contributed by atoms with E-state index in [4.69, 9.17) is 0 Å². The van der Waals surface area contributed by atoms with Crippen molar-refractivity contribution in [3.63, 3.8) is 0 Å². The number of hydrogen-bond acceptors (Lipinski definition) is 5. The van der Waals surface area contributed by atoms with Crippen LogP contribution in [0, 0.1) is 5.92 Å². The van der Waals surface area contributed by atoms with Crippen LogP contribution >= 0.6 is 11.3 Å². The van der Waals surface area contributed by atoms with Gasteiger partial charge in [-0.3, -0.25) is 9.69 Å². The van der Waals surface area contributed by atoms with Gasteiger partial charge in [-0.05, 0) is 51.1 Å². The molecule has 0 aromatic carbocycles. The van der Waals surface area contributed by atoms with Gasteiger partial charge >= 0.3 is 0 Å². The molecule has 3 heterocycles. The fourth-order valence-electron chi connectivity index (χ4n) is 4.50. The number of aromatic nitrogens is 1. The number of thiazole rings is 1. The molecule has 1 aromatic heterocycles. The number of carbonyl (C=O) groups is 1. The van der Waals surface area contributed by atoms with Crippen LogP contribution in [0.4, 0.5) is 5.13 Å². The predicted octanol–water partition coefficient (Wildman–Crippen LogP) is 2.99. The summed E-state index contributed by atoms with van der Waals surface area (Å²) in [6, 6.07) is 0.521. The van der Waals surface area contributed by atoms with E-state index in [1.54, 1.807) is 11.3 Å². The average Bonchev–Trinajstić information content (AvgIpc) is 3.22. The van der Waals surface area contributed by atoms with E-state index >= 15 is 0 Å². The molecule has 0 bridgehead atoms. The van der Waals surface area contributed by atoms with Gasteiger partial charge < -0.3 is 10.6 Å². The van der Waals surface area contributed by atoms with Crippen LogP contribution in [-0.2, 0) is 11.3 Å². The summed E-state index contributed by atoms with van der Waals surface area (Å²) in [4.78, 5) is 19.6. The largest absolute Gasteiger partial charge is 0.303 e. The number of hydrogen-bond donors (Lipinski definition) is 2. The number of nitrogens with one attached hydrogen (secondary N) is 2. The topological polar surface area (TPSA) is 57.3 Å². The number of amides is 1. The van der Waals surface area contributed by atoms with E-state index < -0.39 is 0 Å². The van der Waals surface area contributed by atoms with Crippen LogP contribution in [0.1, 0.15) is 57.1 Å². The summed E-state index contributed by atoms with van der Waals surface area (Å²) >= 11 is 1.55. The SMILES string of the molecule is O=C(Nc1nc(CN2CCCCC2)cs1)C1CC2CCCCC2N1. The molecule has 1 amide bonds. The molecule has 3 aliphatic rings. The van der Waals surface area contributed by atoms with Crippen molar-refractivity contribution >= 4 is 22.4 Å². The fraction of sp³-hybridized carbons (Fsp3) is 0.778. The van der Waals surface area contributed by atoms with E-state index in [9.17, 15) is 4.79 Å². The minimum Gasteiger partial charge on any atom is -0.303 e. The Bertz CT molecular complexity index is 555. The molecule has 4 rings (SSSR count). The van der Waals surface area contributed by atoms with Crippen molar-refractivity contribution in [2.24, 2.45) is 5.92 Å². The molecular weight excluding hydrogens is 320 g/mol. The third kappa shape index (κ3) is 3.81. The van der Waals surface area contributed by atoms with Crippen LogP contribution in [0.3, 0.4) is 0 Å². The number of carbonyl (C=O) groups excluding carboxylic acids is 1. The van der Waals surface area contributed by atoms with Gasteiger partial charge in [-0.25, -0.2) is 4.98 Å². The monoisotopic (exact) mass is 348 g/mol. The number of anilines is 1. The van der Waals surface area contributed by atoms with E-state index in [0.29, 0.717) is 12.0 Å². The molecule has 0 spiro atoms. The second kappa shape index (κ2) is 7.50. The summed E-state index contributed by atoms with van der Waals surface area (Å²) < 4.78 is 0. The quantitative estimate of drug-likeness (QED) is 0.878. The van der Waals surface area contributed by atoms with Gasteiger partial charge in [-0.2, -0.15) is 0 Å². The van der Waals surface area contributed by atoms with Crippen LogP contribution in [0.5, 0.6) is 0 Å². The van der Waals surface area contributed by atoms with Gasteiger partial charge in [0, 0.05) is 18.0 Å². The molecule has 24 heavy (non-hydrogen) atoms. The first-order valence-electron chi connectivity index (χ1n) is 9.51. The zero-order chi connectivity index (χ0) is 16.4. The lowest BCUT2D eigenvalue weighted by molar-refractivity contribution is -0.117. The standard InChI is InChI=1S/C18H28N4OS/c23-17(16-10-13-6-2-3-7-15(13)20-16)21-18-19-14(12-24-18)11-22-8-4-1-5-9-22/h12-13,15-16,20H,1-11H2,(H,19,21,23). The Morgan fingerprint density at radius 1 is 1.25 bits per heavy atom. The molecule has 132 valence electrons. The maximum Gasteiger partial charge on any atom is 0.243 e. The Morgan fingerprint density at radius 2 is 2.08 bits per heavy atom. The summed E-state index contributed by atoms with van der Waals surface area (Å²) in [7, 11) is 0. The number of piperidine rings is 1. The van der Waals surface area contributed by atoms with Crippen molar-refractivity contribution in [3.05, 3.63) is 11.1 Å². The molecule has 2 saturated heterocycles. The second-order valence-electron chi connectivity index (χ2n) is 7.58. The fourth-order valence-corrected chi connectivity index (χ4v) is 5.20. The average molecular weight is 349 g/mol.